The molecule has 1 rings (SSSR count). The van der Waals surface area contributed by atoms with Crippen LogP contribution in [0.3, 0.4) is 0 Å². The fraction of sp³-hybridized carbons (Fsp3) is 0.789. The summed E-state index contributed by atoms with van der Waals surface area (Å²) in [7, 11) is 0. The van der Waals surface area contributed by atoms with Crippen molar-refractivity contribution in [2.75, 3.05) is 0 Å². The summed E-state index contributed by atoms with van der Waals surface area (Å²) in [5.74, 6) is -1.40. The molecule has 0 bridgehead atoms. The smallest absolute Gasteiger partial charge is 0.149 e. The largest absolute Gasteiger partial charge is 0.299 e. The lowest BCUT2D eigenvalue weighted by molar-refractivity contribution is -0.172. The number of rotatable bonds is 8. The van der Waals surface area contributed by atoms with Gasteiger partial charge in [-0.25, -0.2) is 0 Å². The van der Waals surface area contributed by atoms with E-state index in [1.807, 2.05) is 0 Å². The monoisotopic (exact) mass is 322 g/mol. The minimum absolute atomic E-state index is 0.0672. The van der Waals surface area contributed by atoms with Crippen LogP contribution in [0.15, 0.2) is 0 Å². The number of carbonyl (C=O) groups is 4. The fourth-order valence-electron chi connectivity index (χ4n) is 3.95. The molecule has 4 heteroatoms. The zero-order valence-corrected chi connectivity index (χ0v) is 15.5. The van der Waals surface area contributed by atoms with Gasteiger partial charge in [-0.1, -0.05) is 48.5 Å². The van der Waals surface area contributed by atoms with Crippen molar-refractivity contribution < 1.29 is 19.2 Å². The summed E-state index contributed by atoms with van der Waals surface area (Å²) in [6.45, 7) is 12.3. The van der Waals surface area contributed by atoms with Crippen molar-refractivity contribution in [2.45, 2.75) is 67.7 Å². The Hall–Kier alpha value is -1.32. The topological polar surface area (TPSA) is 68.3 Å². The third-order valence-corrected chi connectivity index (χ3v) is 5.05. The van der Waals surface area contributed by atoms with Crippen LogP contribution in [-0.4, -0.2) is 23.1 Å². The lowest BCUT2D eigenvalue weighted by Gasteiger charge is -2.54. The molecule has 0 aromatic heterocycles. The summed E-state index contributed by atoms with van der Waals surface area (Å²) < 4.78 is 0. The maximum absolute atomic E-state index is 12.7. The molecule has 0 N–H and O–H groups in total. The SMILES string of the molecule is CCC(=O)C1(C(=O)C(C)C)CC(C(=O)C(C)C)(C(=O)C(C)C)C1. The van der Waals surface area contributed by atoms with Gasteiger partial charge < -0.3 is 0 Å². The van der Waals surface area contributed by atoms with Gasteiger partial charge in [0.05, 0.1) is 10.8 Å². The van der Waals surface area contributed by atoms with E-state index in [1.54, 1.807) is 48.5 Å². The van der Waals surface area contributed by atoms with Gasteiger partial charge in [0, 0.05) is 24.2 Å². The Bertz CT molecular complexity index is 497. The van der Waals surface area contributed by atoms with Crippen LogP contribution in [0.25, 0.3) is 0 Å². The zero-order chi connectivity index (χ0) is 18.2. The lowest BCUT2D eigenvalue weighted by Crippen LogP contribution is -2.64. The van der Waals surface area contributed by atoms with Gasteiger partial charge >= 0.3 is 0 Å². The predicted octanol–water partition coefficient (Wildman–Crippen LogP) is 3.41. The third-order valence-electron chi connectivity index (χ3n) is 5.05. The number of ketones is 4. The third kappa shape index (κ3) is 3.05. The second kappa shape index (κ2) is 6.66. The molecule has 1 aliphatic carbocycles. The van der Waals surface area contributed by atoms with Gasteiger partial charge in [-0.05, 0) is 12.8 Å². The van der Waals surface area contributed by atoms with Crippen molar-refractivity contribution in [3.05, 3.63) is 0 Å². The molecule has 0 aliphatic heterocycles. The normalized spacial score (nSPS) is 18.9. The van der Waals surface area contributed by atoms with Crippen molar-refractivity contribution in [1.82, 2.24) is 0 Å². The Morgan fingerprint density at radius 3 is 1.26 bits per heavy atom. The van der Waals surface area contributed by atoms with E-state index in [1.165, 1.54) is 0 Å². The molecule has 0 aromatic rings. The first kappa shape index (κ1) is 19.7. The summed E-state index contributed by atoms with van der Waals surface area (Å²) >= 11 is 0. The Labute approximate surface area is 139 Å². The molecule has 0 radical (unpaired) electrons. The molecule has 0 amide bonds. The molecule has 130 valence electrons. The van der Waals surface area contributed by atoms with Crippen LogP contribution in [0.1, 0.15) is 67.7 Å². The Kier molecular flexibility index (Phi) is 5.71. The first-order chi connectivity index (χ1) is 10.5. The minimum atomic E-state index is -1.16. The molecule has 0 aromatic carbocycles. The van der Waals surface area contributed by atoms with Crippen LogP contribution in [0.2, 0.25) is 0 Å². The quantitative estimate of drug-likeness (QED) is 0.642. The van der Waals surface area contributed by atoms with Gasteiger partial charge in [0.1, 0.15) is 23.1 Å². The van der Waals surface area contributed by atoms with Gasteiger partial charge in [-0.3, -0.25) is 19.2 Å². The van der Waals surface area contributed by atoms with Crippen LogP contribution >= 0.6 is 0 Å². The van der Waals surface area contributed by atoms with E-state index in [0.29, 0.717) is 0 Å². The molecule has 0 unspecified atom stereocenters. The molecule has 0 spiro atoms. The average Bonchev–Trinajstić information content (AvgIpc) is 2.44. The summed E-state index contributed by atoms with van der Waals surface area (Å²) in [4.78, 5) is 50.6. The van der Waals surface area contributed by atoms with Crippen molar-refractivity contribution in [3.63, 3.8) is 0 Å². The first-order valence-electron chi connectivity index (χ1n) is 8.62. The van der Waals surface area contributed by atoms with Gasteiger partial charge in [-0.2, -0.15) is 0 Å². The van der Waals surface area contributed by atoms with Crippen molar-refractivity contribution in [1.29, 1.82) is 0 Å². The standard InChI is InChI=1S/C19H30O4/c1-8-14(20)18(15(21)11(2)3)9-19(10-18,16(22)12(4)5)17(23)13(6)7/h11-13H,8-10H2,1-7H3. The van der Waals surface area contributed by atoms with E-state index in [9.17, 15) is 19.2 Å². The van der Waals surface area contributed by atoms with E-state index >= 15 is 0 Å². The Morgan fingerprint density at radius 1 is 0.696 bits per heavy atom. The maximum Gasteiger partial charge on any atom is 0.149 e. The predicted molar refractivity (Wildman–Crippen MR) is 88.9 cm³/mol. The van der Waals surface area contributed by atoms with Crippen LogP contribution in [0, 0.1) is 28.6 Å². The molecule has 0 atom stereocenters. The molecule has 1 aliphatic rings. The zero-order valence-electron chi connectivity index (χ0n) is 15.5. The van der Waals surface area contributed by atoms with Crippen molar-refractivity contribution in [2.24, 2.45) is 28.6 Å². The highest BCUT2D eigenvalue weighted by Crippen LogP contribution is 2.59. The highest BCUT2D eigenvalue weighted by Gasteiger charge is 2.68. The Morgan fingerprint density at radius 2 is 1.00 bits per heavy atom. The fourth-order valence-corrected chi connectivity index (χ4v) is 3.95. The molecule has 0 saturated heterocycles. The molecular formula is C19H30O4. The van der Waals surface area contributed by atoms with Crippen molar-refractivity contribution >= 4 is 23.1 Å². The second-order valence-electron chi connectivity index (χ2n) is 7.85. The van der Waals surface area contributed by atoms with Gasteiger partial charge in [0.25, 0.3) is 0 Å². The van der Waals surface area contributed by atoms with Gasteiger partial charge in [-0.15, -0.1) is 0 Å². The summed E-state index contributed by atoms with van der Waals surface area (Å²) in [6.07, 6.45) is 0.385. The first-order valence-corrected chi connectivity index (χ1v) is 8.62. The van der Waals surface area contributed by atoms with Crippen molar-refractivity contribution in [3.8, 4) is 0 Å². The highest BCUT2D eigenvalue weighted by molar-refractivity contribution is 6.17. The van der Waals surface area contributed by atoms with E-state index in [0.717, 1.165) is 0 Å². The van der Waals surface area contributed by atoms with Gasteiger partial charge in [0.2, 0.25) is 0 Å². The van der Waals surface area contributed by atoms with Crippen LogP contribution in [0.4, 0.5) is 0 Å². The molecule has 23 heavy (non-hydrogen) atoms. The molecule has 4 nitrogen and oxygen atoms in total. The summed E-state index contributed by atoms with van der Waals surface area (Å²) in [6, 6.07) is 0. The number of hydrogen-bond donors (Lipinski definition) is 0. The molecule has 1 saturated carbocycles. The second-order valence-corrected chi connectivity index (χ2v) is 7.85. The summed E-state index contributed by atoms with van der Waals surface area (Å²) in [5, 5.41) is 0. The molecule has 0 heterocycles. The summed E-state index contributed by atoms with van der Waals surface area (Å²) in [5.41, 5.74) is -2.30. The van der Waals surface area contributed by atoms with E-state index in [2.05, 4.69) is 0 Å². The van der Waals surface area contributed by atoms with E-state index < -0.39 is 10.8 Å². The number of Topliss-reactive ketones (excluding diaryl/α,β-unsaturated/α-hetero) is 4. The maximum atomic E-state index is 12.7. The van der Waals surface area contributed by atoms with Crippen LogP contribution < -0.4 is 0 Å². The Balaban J connectivity index is 3.32. The highest BCUT2D eigenvalue weighted by atomic mass is 16.2. The van der Waals surface area contributed by atoms with Crippen LogP contribution in [0.5, 0.6) is 0 Å². The minimum Gasteiger partial charge on any atom is -0.299 e. The lowest BCUT2D eigenvalue weighted by atomic mass is 9.44. The van der Waals surface area contributed by atoms with Crippen LogP contribution in [-0.2, 0) is 19.2 Å². The number of carbonyl (C=O) groups excluding carboxylic acids is 4. The average molecular weight is 322 g/mol. The molecule has 1 fully saturated rings. The number of hydrogen-bond acceptors (Lipinski definition) is 4. The van der Waals surface area contributed by atoms with E-state index in [4.69, 9.17) is 0 Å². The van der Waals surface area contributed by atoms with E-state index in [-0.39, 0.29) is 60.1 Å². The molecular weight excluding hydrogens is 292 g/mol. The van der Waals surface area contributed by atoms with Gasteiger partial charge in [0.15, 0.2) is 0 Å².